The zero-order valence-corrected chi connectivity index (χ0v) is 23.5. The number of esters is 1. The lowest BCUT2D eigenvalue weighted by atomic mass is 9.93. The van der Waals surface area contributed by atoms with E-state index in [1.54, 1.807) is 50.2 Å². The van der Waals surface area contributed by atoms with Crippen LogP contribution in [0.5, 0.6) is 17.2 Å². The number of aryl methyl sites for hydroxylation is 2. The van der Waals surface area contributed by atoms with Crippen molar-refractivity contribution in [1.82, 2.24) is 4.98 Å². The van der Waals surface area contributed by atoms with Crippen LogP contribution in [0.25, 0.3) is 5.76 Å². The summed E-state index contributed by atoms with van der Waals surface area (Å²) in [6.07, 6.45) is 1.43. The Morgan fingerprint density at radius 3 is 2.50 bits per heavy atom. The minimum absolute atomic E-state index is 0.00174. The number of aromatic nitrogens is 1. The zero-order chi connectivity index (χ0) is 29.1. The number of anilines is 1. The Morgan fingerprint density at radius 1 is 1.12 bits per heavy atom. The van der Waals surface area contributed by atoms with Crippen LogP contribution in [0, 0.1) is 13.8 Å². The number of carbonyl (C=O) groups is 3. The predicted octanol–water partition coefficient (Wildman–Crippen LogP) is 4.75. The largest absolute Gasteiger partial charge is 0.507 e. The van der Waals surface area contributed by atoms with Crippen molar-refractivity contribution in [2.45, 2.75) is 19.9 Å². The molecular weight excluding hydrogens is 536 g/mol. The first-order valence-electron chi connectivity index (χ1n) is 12.1. The van der Waals surface area contributed by atoms with E-state index in [1.807, 2.05) is 0 Å². The van der Waals surface area contributed by atoms with Crippen LogP contribution in [0.3, 0.4) is 0 Å². The summed E-state index contributed by atoms with van der Waals surface area (Å²) in [4.78, 5) is 45.6. The van der Waals surface area contributed by atoms with Crippen molar-refractivity contribution in [2.75, 3.05) is 32.8 Å². The number of thiazole rings is 1. The molecule has 0 bridgehead atoms. The number of benzene rings is 2. The fraction of sp³-hybridized carbons (Fsp3) is 0.241. The second-order valence-corrected chi connectivity index (χ2v) is 9.71. The number of methoxy groups -OCH3 is 3. The lowest BCUT2D eigenvalue weighted by molar-refractivity contribution is -0.132. The average molecular weight is 565 g/mol. The maximum Gasteiger partial charge on any atom is 0.350 e. The maximum absolute atomic E-state index is 13.6. The maximum atomic E-state index is 13.6. The number of hydrogen-bond donors (Lipinski definition) is 1. The van der Waals surface area contributed by atoms with Gasteiger partial charge in [-0.05, 0) is 43.7 Å². The number of Topliss-reactive ketones (excluding diaryl/α,β-unsaturated/α-hetero) is 1. The summed E-state index contributed by atoms with van der Waals surface area (Å²) in [6, 6.07) is 8.82. The number of rotatable bonds is 9. The number of hydrogen-bond acceptors (Lipinski definition) is 10. The third kappa shape index (κ3) is 4.91. The van der Waals surface area contributed by atoms with Gasteiger partial charge in [0.15, 0.2) is 16.6 Å². The normalized spacial score (nSPS) is 16.1. The van der Waals surface area contributed by atoms with Crippen molar-refractivity contribution in [2.24, 2.45) is 0 Å². The third-order valence-electron chi connectivity index (χ3n) is 6.37. The summed E-state index contributed by atoms with van der Waals surface area (Å²) in [7, 11) is 4.42. The minimum atomic E-state index is -1.16. The van der Waals surface area contributed by atoms with E-state index in [0.717, 1.165) is 16.2 Å². The van der Waals surface area contributed by atoms with E-state index in [9.17, 15) is 19.5 Å². The van der Waals surface area contributed by atoms with Crippen LogP contribution >= 0.6 is 11.3 Å². The van der Waals surface area contributed by atoms with E-state index < -0.39 is 23.7 Å². The molecule has 0 aliphatic carbocycles. The van der Waals surface area contributed by atoms with Gasteiger partial charge in [0.2, 0.25) is 0 Å². The van der Waals surface area contributed by atoms with Gasteiger partial charge < -0.3 is 24.1 Å². The second kappa shape index (κ2) is 11.6. The molecule has 1 atom stereocenters. The summed E-state index contributed by atoms with van der Waals surface area (Å²) in [5.74, 6) is -1.69. The van der Waals surface area contributed by atoms with Gasteiger partial charge >= 0.3 is 11.9 Å². The first-order valence-corrected chi connectivity index (χ1v) is 12.9. The summed E-state index contributed by atoms with van der Waals surface area (Å²) in [5, 5.41) is 11.6. The topological polar surface area (TPSA) is 124 Å². The molecule has 0 spiro atoms. The Bertz CT molecular complexity index is 1540. The Hall–Kier alpha value is -4.64. The molecule has 40 heavy (non-hydrogen) atoms. The van der Waals surface area contributed by atoms with Gasteiger partial charge in [-0.15, -0.1) is 0 Å². The molecule has 1 amide bonds. The number of para-hydroxylation sites is 1. The summed E-state index contributed by atoms with van der Waals surface area (Å²) >= 11 is 0.901. The molecule has 2 aromatic carbocycles. The molecule has 3 aromatic rings. The summed E-state index contributed by atoms with van der Waals surface area (Å²) < 4.78 is 21.5. The quantitative estimate of drug-likeness (QED) is 0.129. The molecule has 0 radical (unpaired) electrons. The molecular formula is C29H28N2O8S. The van der Waals surface area contributed by atoms with Crippen molar-refractivity contribution in [3.8, 4) is 17.2 Å². The Kier molecular flexibility index (Phi) is 8.24. The molecule has 1 aliphatic rings. The first-order chi connectivity index (χ1) is 19.2. The monoisotopic (exact) mass is 564 g/mol. The van der Waals surface area contributed by atoms with Crippen molar-refractivity contribution in [3.05, 3.63) is 81.9 Å². The molecule has 4 rings (SSSR count). The number of carbonyl (C=O) groups excluding carboxylic acids is 3. The van der Waals surface area contributed by atoms with Crippen molar-refractivity contribution in [1.29, 1.82) is 0 Å². The Balaban J connectivity index is 1.98. The number of aliphatic hydroxyl groups is 1. The molecule has 1 aliphatic heterocycles. The van der Waals surface area contributed by atoms with Gasteiger partial charge in [0.05, 0.1) is 32.6 Å². The fourth-order valence-electron chi connectivity index (χ4n) is 4.50. The zero-order valence-electron chi connectivity index (χ0n) is 22.6. The van der Waals surface area contributed by atoms with Gasteiger partial charge in [-0.25, -0.2) is 9.78 Å². The van der Waals surface area contributed by atoms with E-state index >= 15 is 0 Å². The van der Waals surface area contributed by atoms with Crippen LogP contribution in [-0.4, -0.2) is 55.7 Å². The number of amides is 1. The Labute approximate surface area is 235 Å². The number of ether oxygens (including phenoxy) is 4. The van der Waals surface area contributed by atoms with Gasteiger partial charge in [0, 0.05) is 11.1 Å². The van der Waals surface area contributed by atoms with Crippen LogP contribution in [0.1, 0.15) is 38.1 Å². The highest BCUT2D eigenvalue weighted by molar-refractivity contribution is 7.17. The molecule has 1 saturated heterocycles. The molecule has 1 N–H and O–H groups in total. The molecule has 11 heteroatoms. The van der Waals surface area contributed by atoms with Gasteiger partial charge in [-0.1, -0.05) is 36.1 Å². The summed E-state index contributed by atoms with van der Waals surface area (Å²) in [6.45, 7) is 6.89. The lowest BCUT2D eigenvalue weighted by Gasteiger charge is -2.25. The smallest absolute Gasteiger partial charge is 0.350 e. The van der Waals surface area contributed by atoms with Crippen molar-refractivity contribution < 1.29 is 38.4 Å². The predicted molar refractivity (Wildman–Crippen MR) is 149 cm³/mol. The second-order valence-electron chi connectivity index (χ2n) is 8.73. The SMILES string of the molecule is C=CCOC(=O)c1sc(N2C(=O)C(=O)/C(=C(/O)c3ccc(OC)cc3C)[C@H]2c2cccc(OC)c2OC)nc1C. The Morgan fingerprint density at radius 2 is 1.88 bits per heavy atom. The molecule has 10 nitrogen and oxygen atoms in total. The minimum Gasteiger partial charge on any atom is -0.507 e. The molecule has 0 unspecified atom stereocenters. The van der Waals surface area contributed by atoms with Gasteiger partial charge in [-0.2, -0.15) is 0 Å². The number of aliphatic hydroxyl groups excluding tert-OH is 1. The van der Waals surface area contributed by atoms with E-state index in [-0.39, 0.29) is 33.7 Å². The lowest BCUT2D eigenvalue weighted by Crippen LogP contribution is -2.29. The average Bonchev–Trinajstić information content (AvgIpc) is 3.46. The molecule has 0 saturated carbocycles. The van der Waals surface area contributed by atoms with Gasteiger partial charge in [-0.3, -0.25) is 14.5 Å². The van der Waals surface area contributed by atoms with Crippen LogP contribution in [0.2, 0.25) is 0 Å². The van der Waals surface area contributed by atoms with E-state index in [0.29, 0.717) is 33.9 Å². The molecule has 208 valence electrons. The molecule has 1 fully saturated rings. The first kappa shape index (κ1) is 28.4. The molecule has 2 heterocycles. The van der Waals surface area contributed by atoms with E-state index in [1.165, 1.54) is 27.4 Å². The van der Waals surface area contributed by atoms with Crippen LogP contribution < -0.4 is 19.1 Å². The highest BCUT2D eigenvalue weighted by Gasteiger charge is 2.49. The third-order valence-corrected chi connectivity index (χ3v) is 7.51. The van der Waals surface area contributed by atoms with Gasteiger partial charge in [0.1, 0.15) is 29.0 Å². The highest BCUT2D eigenvalue weighted by Crippen LogP contribution is 2.48. The van der Waals surface area contributed by atoms with E-state index in [2.05, 4.69) is 11.6 Å². The van der Waals surface area contributed by atoms with Crippen LogP contribution in [0.15, 0.2) is 54.6 Å². The van der Waals surface area contributed by atoms with Crippen LogP contribution in [-0.2, 0) is 14.3 Å². The molecule has 1 aromatic heterocycles. The van der Waals surface area contributed by atoms with E-state index in [4.69, 9.17) is 18.9 Å². The van der Waals surface area contributed by atoms with Crippen molar-refractivity contribution in [3.63, 3.8) is 0 Å². The van der Waals surface area contributed by atoms with Gasteiger partial charge in [0.25, 0.3) is 5.78 Å². The number of ketones is 1. The standard InChI is InChI=1S/C29H28N2O8S/c1-7-13-39-28(35)26-16(3)30-29(40-26)31-22(19-9-8-10-20(37-5)25(19)38-6)21(24(33)27(31)34)23(32)18-12-11-17(36-4)14-15(18)2/h7-12,14,22,32H,1,13H2,2-6H3/b23-21+/t22-/m1/s1. The number of nitrogens with zero attached hydrogens (tertiary/aromatic N) is 2. The fourth-order valence-corrected chi connectivity index (χ4v) is 5.49. The van der Waals surface area contributed by atoms with Crippen LogP contribution in [0.4, 0.5) is 5.13 Å². The summed E-state index contributed by atoms with van der Waals surface area (Å²) in [5.41, 5.74) is 1.48. The highest BCUT2D eigenvalue weighted by atomic mass is 32.1. The van der Waals surface area contributed by atoms with Crippen molar-refractivity contribution >= 4 is 39.9 Å².